The molecule has 0 bridgehead atoms. The first-order chi connectivity index (χ1) is 4.20. The molecule has 1 nitrogen and oxygen atoms in total. The Balaban J connectivity index is 3.17. The molecule has 0 unspecified atom stereocenters. The van der Waals surface area contributed by atoms with Gasteiger partial charge in [0.05, 0.1) is 0 Å². The maximum atomic E-state index is 12.2. The van der Waals surface area contributed by atoms with Gasteiger partial charge in [-0.15, -0.1) is 0 Å². The summed E-state index contributed by atoms with van der Waals surface area (Å²) in [5, 5.41) is 8.75. The second kappa shape index (κ2) is 2.09. The molecule has 1 rings (SSSR count). The van der Waals surface area contributed by atoms with Crippen molar-refractivity contribution in [3.05, 3.63) is 24.0 Å². The van der Waals surface area contributed by atoms with Crippen molar-refractivity contribution in [2.24, 2.45) is 0 Å². The summed E-state index contributed by atoms with van der Waals surface area (Å²) >= 11 is 0. The standard InChI is InChI=1S/C6H4BFO/c7-5-3-4(8)1-2-6(5)9/h1-3,9H. The van der Waals surface area contributed by atoms with E-state index in [-0.39, 0.29) is 11.2 Å². The largest absolute Gasteiger partial charge is 0.509 e. The first-order valence-corrected chi connectivity index (χ1v) is 2.44. The smallest absolute Gasteiger partial charge is 0.122 e. The molecule has 0 aliphatic carbocycles. The van der Waals surface area contributed by atoms with Crippen LogP contribution in [0.4, 0.5) is 4.39 Å². The Hall–Kier alpha value is -0.985. The highest BCUT2D eigenvalue weighted by Gasteiger charge is 1.93. The van der Waals surface area contributed by atoms with Gasteiger partial charge in [-0.3, -0.25) is 0 Å². The number of aromatic hydroxyl groups is 1. The van der Waals surface area contributed by atoms with Crippen LogP contribution in [-0.2, 0) is 0 Å². The highest BCUT2D eigenvalue weighted by Crippen LogP contribution is 2.03. The van der Waals surface area contributed by atoms with Crippen molar-refractivity contribution in [2.45, 2.75) is 0 Å². The fraction of sp³-hybridized carbons (Fsp3) is 0. The van der Waals surface area contributed by atoms with E-state index in [1.54, 1.807) is 0 Å². The molecule has 2 radical (unpaired) electrons. The van der Waals surface area contributed by atoms with Gasteiger partial charge >= 0.3 is 0 Å². The van der Waals surface area contributed by atoms with Crippen LogP contribution in [0, 0.1) is 5.82 Å². The minimum absolute atomic E-state index is 0.0648. The van der Waals surface area contributed by atoms with E-state index in [0.717, 1.165) is 12.1 Å². The Morgan fingerprint density at radius 3 is 2.56 bits per heavy atom. The lowest BCUT2D eigenvalue weighted by molar-refractivity contribution is 0.477. The molecule has 44 valence electrons. The second-order valence-corrected chi connectivity index (χ2v) is 1.70. The lowest BCUT2D eigenvalue weighted by atomic mass is 9.95. The summed E-state index contributed by atoms with van der Waals surface area (Å²) in [6.45, 7) is 0. The van der Waals surface area contributed by atoms with Crippen LogP contribution in [0.5, 0.6) is 5.75 Å². The van der Waals surface area contributed by atoms with Crippen molar-refractivity contribution < 1.29 is 9.50 Å². The monoisotopic (exact) mass is 122 g/mol. The number of hydrogen-bond acceptors (Lipinski definition) is 1. The van der Waals surface area contributed by atoms with Gasteiger partial charge in [0.15, 0.2) is 0 Å². The van der Waals surface area contributed by atoms with Gasteiger partial charge in [-0.1, -0.05) is 5.46 Å². The molecule has 0 aliphatic heterocycles. The van der Waals surface area contributed by atoms with Crippen molar-refractivity contribution in [1.82, 2.24) is 0 Å². The molecule has 0 aromatic heterocycles. The Bertz CT molecular complexity index is 224. The predicted octanol–water partition coefficient (Wildman–Crippen LogP) is 0.325. The summed E-state index contributed by atoms with van der Waals surface area (Å²) in [5.41, 5.74) is 0.0648. The third-order valence-electron chi connectivity index (χ3n) is 0.990. The molecule has 0 amide bonds. The van der Waals surface area contributed by atoms with Gasteiger partial charge in [0.25, 0.3) is 0 Å². The number of benzene rings is 1. The molecule has 0 saturated heterocycles. The number of phenolic OH excluding ortho intramolecular Hbond substituents is 1. The summed E-state index contributed by atoms with van der Waals surface area (Å²) in [7, 11) is 5.13. The molecule has 0 spiro atoms. The van der Waals surface area contributed by atoms with Crippen LogP contribution >= 0.6 is 0 Å². The van der Waals surface area contributed by atoms with Gasteiger partial charge in [0.1, 0.15) is 19.4 Å². The molecular weight excluding hydrogens is 118 g/mol. The average molecular weight is 122 g/mol. The molecule has 1 aromatic carbocycles. The Kier molecular flexibility index (Phi) is 1.43. The molecule has 0 atom stereocenters. The van der Waals surface area contributed by atoms with Gasteiger partial charge in [0.2, 0.25) is 0 Å². The van der Waals surface area contributed by atoms with E-state index in [1.807, 2.05) is 0 Å². The number of rotatable bonds is 0. The fourth-order valence-electron chi connectivity index (χ4n) is 0.525. The normalized spacial score (nSPS) is 9.44. The minimum Gasteiger partial charge on any atom is -0.509 e. The quantitative estimate of drug-likeness (QED) is 0.491. The van der Waals surface area contributed by atoms with E-state index in [4.69, 9.17) is 13.0 Å². The molecule has 9 heavy (non-hydrogen) atoms. The van der Waals surface area contributed by atoms with E-state index in [9.17, 15) is 4.39 Å². The van der Waals surface area contributed by atoms with Gasteiger partial charge < -0.3 is 5.11 Å². The zero-order valence-electron chi connectivity index (χ0n) is 4.63. The van der Waals surface area contributed by atoms with Crippen molar-refractivity contribution in [2.75, 3.05) is 0 Å². The summed E-state index contributed by atoms with van der Waals surface area (Å²) in [4.78, 5) is 0. The van der Waals surface area contributed by atoms with E-state index >= 15 is 0 Å². The van der Waals surface area contributed by atoms with Gasteiger partial charge in [-0.25, -0.2) is 4.39 Å². The van der Waals surface area contributed by atoms with E-state index in [2.05, 4.69) is 0 Å². The maximum Gasteiger partial charge on any atom is 0.122 e. The summed E-state index contributed by atoms with van der Waals surface area (Å²) in [5.74, 6) is -0.526. The molecule has 0 fully saturated rings. The van der Waals surface area contributed by atoms with Crippen LogP contribution in [0.3, 0.4) is 0 Å². The van der Waals surface area contributed by atoms with E-state index < -0.39 is 5.82 Å². The molecule has 0 aliphatic rings. The van der Waals surface area contributed by atoms with Crippen molar-refractivity contribution >= 4 is 13.3 Å². The van der Waals surface area contributed by atoms with Crippen LogP contribution in [0.15, 0.2) is 18.2 Å². The third-order valence-corrected chi connectivity index (χ3v) is 0.990. The van der Waals surface area contributed by atoms with Gasteiger partial charge in [-0.2, -0.15) is 0 Å². The maximum absolute atomic E-state index is 12.2. The minimum atomic E-state index is -0.440. The Morgan fingerprint density at radius 1 is 1.44 bits per heavy atom. The van der Waals surface area contributed by atoms with Crippen LogP contribution in [0.1, 0.15) is 0 Å². The zero-order valence-corrected chi connectivity index (χ0v) is 4.63. The zero-order chi connectivity index (χ0) is 6.85. The highest BCUT2D eigenvalue weighted by molar-refractivity contribution is 6.34. The summed E-state index contributed by atoms with van der Waals surface area (Å²) in [6.07, 6.45) is 0. The van der Waals surface area contributed by atoms with E-state index in [1.165, 1.54) is 6.07 Å². The van der Waals surface area contributed by atoms with Gasteiger partial charge in [0, 0.05) is 0 Å². The molecule has 1 N–H and O–H groups in total. The second-order valence-electron chi connectivity index (χ2n) is 1.70. The molecular formula is C6H4BFO. The van der Waals surface area contributed by atoms with Crippen molar-refractivity contribution in [1.29, 1.82) is 0 Å². The number of hydrogen-bond donors (Lipinski definition) is 1. The fourth-order valence-corrected chi connectivity index (χ4v) is 0.525. The van der Waals surface area contributed by atoms with Crippen molar-refractivity contribution in [3.8, 4) is 5.75 Å². The van der Waals surface area contributed by atoms with Crippen LogP contribution in [0.25, 0.3) is 0 Å². The first kappa shape index (κ1) is 6.14. The Morgan fingerprint density at radius 2 is 2.11 bits per heavy atom. The van der Waals surface area contributed by atoms with Crippen LogP contribution in [-0.4, -0.2) is 13.0 Å². The third kappa shape index (κ3) is 1.22. The topological polar surface area (TPSA) is 20.2 Å². The average Bonchev–Trinajstić information content (AvgIpc) is 1.80. The van der Waals surface area contributed by atoms with Crippen LogP contribution in [0.2, 0.25) is 0 Å². The molecule has 0 heterocycles. The number of phenols is 1. The summed E-state index contributed by atoms with van der Waals surface area (Å²) < 4.78 is 12.2. The SMILES string of the molecule is [B]c1cc(F)ccc1O. The lowest BCUT2D eigenvalue weighted by Gasteiger charge is -1.95. The predicted molar refractivity (Wildman–Crippen MR) is 33.5 cm³/mol. The molecule has 0 saturated carbocycles. The van der Waals surface area contributed by atoms with Crippen molar-refractivity contribution in [3.63, 3.8) is 0 Å². The van der Waals surface area contributed by atoms with Gasteiger partial charge in [-0.05, 0) is 18.2 Å². The molecule has 3 heteroatoms. The molecule has 1 aromatic rings. The Labute approximate surface area is 53.5 Å². The highest BCUT2D eigenvalue weighted by atomic mass is 19.1. The first-order valence-electron chi connectivity index (χ1n) is 2.44. The van der Waals surface area contributed by atoms with E-state index in [0.29, 0.717) is 0 Å². The summed E-state index contributed by atoms with van der Waals surface area (Å²) in [6, 6.07) is 3.42. The van der Waals surface area contributed by atoms with Crippen LogP contribution < -0.4 is 5.46 Å². The lowest BCUT2D eigenvalue weighted by Crippen LogP contribution is -2.02. The number of halogens is 1.